The summed E-state index contributed by atoms with van der Waals surface area (Å²) in [6.07, 6.45) is 1.46. The van der Waals surface area contributed by atoms with Crippen molar-refractivity contribution in [2.24, 2.45) is 5.92 Å². The first kappa shape index (κ1) is 18.5. The zero-order valence-corrected chi connectivity index (χ0v) is 15.8. The Morgan fingerprint density at radius 1 is 1.25 bits per heavy atom. The molecule has 1 aromatic heterocycles. The van der Waals surface area contributed by atoms with Gasteiger partial charge in [-0.2, -0.15) is 5.10 Å². The molecule has 0 saturated carbocycles. The van der Waals surface area contributed by atoms with Crippen molar-refractivity contribution in [2.45, 2.75) is 53.5 Å². The highest BCUT2D eigenvalue weighted by molar-refractivity contribution is 6.32. The van der Waals surface area contributed by atoms with Crippen molar-refractivity contribution < 1.29 is 4.79 Å². The molecule has 24 heavy (non-hydrogen) atoms. The molecule has 0 fully saturated rings. The van der Waals surface area contributed by atoms with Gasteiger partial charge < -0.3 is 5.32 Å². The molecule has 0 unspecified atom stereocenters. The predicted molar refractivity (Wildman–Crippen MR) is 99.1 cm³/mol. The Hall–Kier alpha value is -1.81. The summed E-state index contributed by atoms with van der Waals surface area (Å²) >= 11 is 6.36. The molecule has 1 aromatic carbocycles. The minimum Gasteiger partial charge on any atom is -0.350 e. The standard InChI is InChI=1S/C19H26ClN3O/c1-6-16-18(19(24)21-13(4)5)15(11-12(2)3)22-23(16)17-10-8-7-9-14(17)20/h7-10,12-13H,6,11H2,1-5H3,(H,21,24). The lowest BCUT2D eigenvalue weighted by molar-refractivity contribution is 0.0941. The van der Waals surface area contributed by atoms with Crippen LogP contribution in [0.3, 0.4) is 0 Å². The first-order chi connectivity index (χ1) is 11.3. The van der Waals surface area contributed by atoms with E-state index in [4.69, 9.17) is 16.7 Å². The molecule has 0 atom stereocenters. The van der Waals surface area contributed by atoms with Crippen molar-refractivity contribution in [1.29, 1.82) is 0 Å². The van der Waals surface area contributed by atoms with Crippen LogP contribution in [0.25, 0.3) is 5.69 Å². The average Bonchev–Trinajstić information content (AvgIpc) is 2.84. The van der Waals surface area contributed by atoms with Gasteiger partial charge in [0.1, 0.15) is 0 Å². The maximum absolute atomic E-state index is 12.8. The topological polar surface area (TPSA) is 46.9 Å². The van der Waals surface area contributed by atoms with Crippen LogP contribution in [0.15, 0.2) is 24.3 Å². The van der Waals surface area contributed by atoms with Gasteiger partial charge in [-0.25, -0.2) is 4.68 Å². The van der Waals surface area contributed by atoms with Gasteiger partial charge in [0, 0.05) is 6.04 Å². The molecule has 0 aliphatic heterocycles. The van der Waals surface area contributed by atoms with Crippen LogP contribution in [0.4, 0.5) is 0 Å². The Balaban J connectivity index is 2.63. The van der Waals surface area contributed by atoms with E-state index in [1.165, 1.54) is 0 Å². The zero-order valence-electron chi connectivity index (χ0n) is 15.1. The van der Waals surface area contributed by atoms with E-state index in [1.54, 1.807) is 0 Å². The van der Waals surface area contributed by atoms with Crippen LogP contribution in [0.1, 0.15) is 56.4 Å². The second-order valence-electron chi connectivity index (χ2n) is 6.71. The smallest absolute Gasteiger partial charge is 0.255 e. The maximum atomic E-state index is 12.8. The van der Waals surface area contributed by atoms with E-state index in [1.807, 2.05) is 49.7 Å². The van der Waals surface area contributed by atoms with Crippen LogP contribution in [-0.4, -0.2) is 21.7 Å². The molecule has 1 N–H and O–H groups in total. The lowest BCUT2D eigenvalue weighted by Crippen LogP contribution is -2.31. The van der Waals surface area contributed by atoms with Gasteiger partial charge in [0.15, 0.2) is 0 Å². The Labute approximate surface area is 149 Å². The fraction of sp³-hybridized carbons (Fsp3) is 0.474. The largest absolute Gasteiger partial charge is 0.350 e. The quantitative estimate of drug-likeness (QED) is 0.840. The van der Waals surface area contributed by atoms with Gasteiger partial charge in [0.05, 0.1) is 27.7 Å². The first-order valence-corrected chi connectivity index (χ1v) is 8.89. The van der Waals surface area contributed by atoms with Crippen molar-refractivity contribution in [3.63, 3.8) is 0 Å². The summed E-state index contributed by atoms with van der Waals surface area (Å²) in [4.78, 5) is 12.8. The van der Waals surface area contributed by atoms with Gasteiger partial charge in [0.25, 0.3) is 5.91 Å². The van der Waals surface area contributed by atoms with Crippen LogP contribution in [0.2, 0.25) is 5.02 Å². The predicted octanol–water partition coefficient (Wildman–Crippen LogP) is 4.42. The number of carbonyl (C=O) groups is 1. The van der Waals surface area contributed by atoms with Crippen molar-refractivity contribution in [3.05, 3.63) is 46.2 Å². The molecule has 0 aliphatic carbocycles. The summed E-state index contributed by atoms with van der Waals surface area (Å²) in [6.45, 7) is 10.2. The van der Waals surface area contributed by atoms with Gasteiger partial charge >= 0.3 is 0 Å². The molecule has 1 heterocycles. The second-order valence-corrected chi connectivity index (χ2v) is 7.12. The number of para-hydroxylation sites is 1. The molecule has 2 aromatic rings. The van der Waals surface area contributed by atoms with E-state index < -0.39 is 0 Å². The molecular weight excluding hydrogens is 322 g/mol. The van der Waals surface area contributed by atoms with Crippen molar-refractivity contribution in [1.82, 2.24) is 15.1 Å². The number of nitrogens with zero attached hydrogens (tertiary/aromatic N) is 2. The third kappa shape index (κ3) is 3.99. The molecule has 0 aliphatic rings. The van der Waals surface area contributed by atoms with E-state index in [2.05, 4.69) is 19.2 Å². The lowest BCUT2D eigenvalue weighted by Gasteiger charge is -2.12. The minimum atomic E-state index is -0.0594. The van der Waals surface area contributed by atoms with Crippen LogP contribution >= 0.6 is 11.6 Å². The zero-order chi connectivity index (χ0) is 17.9. The normalized spacial score (nSPS) is 11.3. The Bertz CT molecular complexity index is 719. The molecule has 0 spiro atoms. The molecule has 1 amide bonds. The minimum absolute atomic E-state index is 0.0594. The molecule has 4 nitrogen and oxygen atoms in total. The second kappa shape index (κ2) is 7.84. The number of halogens is 1. The highest BCUT2D eigenvalue weighted by atomic mass is 35.5. The number of hydrogen-bond donors (Lipinski definition) is 1. The van der Waals surface area contributed by atoms with E-state index in [9.17, 15) is 4.79 Å². The van der Waals surface area contributed by atoms with Crippen LogP contribution in [-0.2, 0) is 12.8 Å². The molecule has 5 heteroatoms. The Morgan fingerprint density at radius 2 is 1.92 bits per heavy atom. The van der Waals surface area contributed by atoms with Crippen LogP contribution in [0.5, 0.6) is 0 Å². The van der Waals surface area contributed by atoms with Crippen LogP contribution in [0, 0.1) is 5.92 Å². The highest BCUT2D eigenvalue weighted by Gasteiger charge is 2.24. The van der Waals surface area contributed by atoms with Gasteiger partial charge in [-0.15, -0.1) is 0 Å². The van der Waals surface area contributed by atoms with Gasteiger partial charge in [-0.05, 0) is 44.7 Å². The third-order valence-electron chi connectivity index (χ3n) is 3.72. The van der Waals surface area contributed by atoms with Gasteiger partial charge in [-0.1, -0.05) is 44.5 Å². The Kier molecular flexibility index (Phi) is 6.05. The summed E-state index contributed by atoms with van der Waals surface area (Å²) in [5.74, 6) is 0.353. The lowest BCUT2D eigenvalue weighted by atomic mass is 10.0. The average molecular weight is 348 g/mol. The van der Waals surface area contributed by atoms with Crippen molar-refractivity contribution in [3.8, 4) is 5.69 Å². The summed E-state index contributed by atoms with van der Waals surface area (Å²) in [5, 5.41) is 8.38. The molecule has 0 radical (unpaired) electrons. The monoisotopic (exact) mass is 347 g/mol. The van der Waals surface area contributed by atoms with Gasteiger partial charge in [-0.3, -0.25) is 4.79 Å². The summed E-state index contributed by atoms with van der Waals surface area (Å²) < 4.78 is 1.83. The number of carbonyl (C=O) groups excluding carboxylic acids is 1. The summed E-state index contributed by atoms with van der Waals surface area (Å²) in [5.41, 5.74) is 3.24. The summed E-state index contributed by atoms with van der Waals surface area (Å²) in [6, 6.07) is 7.67. The molecule has 130 valence electrons. The van der Waals surface area contributed by atoms with Gasteiger partial charge in [0.2, 0.25) is 0 Å². The number of aromatic nitrogens is 2. The van der Waals surface area contributed by atoms with Crippen LogP contribution < -0.4 is 5.32 Å². The molecule has 0 saturated heterocycles. The summed E-state index contributed by atoms with van der Waals surface area (Å²) in [7, 11) is 0. The third-order valence-corrected chi connectivity index (χ3v) is 4.04. The van der Waals surface area contributed by atoms with E-state index in [-0.39, 0.29) is 11.9 Å². The SMILES string of the molecule is CCc1c(C(=O)NC(C)C)c(CC(C)C)nn1-c1ccccc1Cl. The molecular formula is C19H26ClN3O. The maximum Gasteiger partial charge on any atom is 0.255 e. The fourth-order valence-corrected chi connectivity index (χ4v) is 2.99. The van der Waals surface area contributed by atoms with E-state index >= 15 is 0 Å². The number of nitrogens with one attached hydrogen (secondary N) is 1. The fourth-order valence-electron chi connectivity index (χ4n) is 2.78. The van der Waals surface area contributed by atoms with Crippen molar-refractivity contribution >= 4 is 17.5 Å². The number of amides is 1. The molecule has 0 bridgehead atoms. The van der Waals surface area contributed by atoms with E-state index in [0.717, 1.165) is 23.5 Å². The highest BCUT2D eigenvalue weighted by Crippen LogP contribution is 2.26. The number of rotatable bonds is 6. The number of benzene rings is 1. The number of hydrogen-bond acceptors (Lipinski definition) is 2. The van der Waals surface area contributed by atoms with Crippen molar-refractivity contribution in [2.75, 3.05) is 0 Å². The molecule has 2 rings (SSSR count). The Morgan fingerprint density at radius 3 is 2.46 bits per heavy atom. The first-order valence-electron chi connectivity index (χ1n) is 8.51. The van der Waals surface area contributed by atoms with E-state index in [0.29, 0.717) is 22.9 Å².